The molecular weight excluding hydrogens is 356 g/mol. The standard InChI is InChI=1S/C17H18N4O4S/c1-11-7-13-14(21(3)17(23)16(22)20(13)2)8-15(11)26(24,25)19-10-12-5-4-6-18-9-12/h4-9,19H,10H2,1-3H3. The third-order valence-electron chi connectivity index (χ3n) is 4.27. The maximum absolute atomic E-state index is 12.7. The van der Waals surface area contributed by atoms with Crippen molar-refractivity contribution in [3.8, 4) is 0 Å². The van der Waals surface area contributed by atoms with Crippen molar-refractivity contribution in [2.45, 2.75) is 18.4 Å². The predicted octanol–water partition coefficient (Wildman–Crippen LogP) is 0.419. The van der Waals surface area contributed by atoms with Crippen LogP contribution >= 0.6 is 0 Å². The molecule has 9 heteroatoms. The average Bonchev–Trinajstić information content (AvgIpc) is 2.63. The lowest BCUT2D eigenvalue weighted by atomic mass is 10.2. The Hall–Kier alpha value is -2.78. The maximum atomic E-state index is 12.7. The van der Waals surface area contributed by atoms with Crippen molar-refractivity contribution in [1.29, 1.82) is 0 Å². The van der Waals surface area contributed by atoms with Crippen LogP contribution in [0.25, 0.3) is 11.0 Å². The molecule has 0 bridgehead atoms. The van der Waals surface area contributed by atoms with Crippen LogP contribution < -0.4 is 15.8 Å². The normalized spacial score (nSPS) is 11.8. The molecule has 0 saturated heterocycles. The quantitative estimate of drug-likeness (QED) is 0.667. The molecule has 0 saturated carbocycles. The lowest BCUT2D eigenvalue weighted by Gasteiger charge is -2.14. The molecule has 3 rings (SSSR count). The van der Waals surface area contributed by atoms with Gasteiger partial charge in [-0.3, -0.25) is 14.6 Å². The second kappa shape index (κ2) is 6.50. The summed E-state index contributed by atoms with van der Waals surface area (Å²) >= 11 is 0. The van der Waals surface area contributed by atoms with Crippen molar-refractivity contribution in [2.75, 3.05) is 0 Å². The first-order valence-electron chi connectivity index (χ1n) is 7.81. The smallest absolute Gasteiger partial charge is 0.305 e. The Morgan fingerprint density at radius 2 is 1.69 bits per heavy atom. The number of nitrogens with zero attached hydrogens (tertiary/aromatic N) is 3. The number of nitrogens with one attached hydrogen (secondary N) is 1. The zero-order chi connectivity index (χ0) is 19.1. The van der Waals surface area contributed by atoms with Crippen molar-refractivity contribution < 1.29 is 8.42 Å². The van der Waals surface area contributed by atoms with Gasteiger partial charge in [0.25, 0.3) is 0 Å². The monoisotopic (exact) mass is 374 g/mol. The Bertz CT molecular complexity index is 1210. The van der Waals surface area contributed by atoms with E-state index >= 15 is 0 Å². The molecule has 136 valence electrons. The average molecular weight is 374 g/mol. The molecular formula is C17H18N4O4S. The van der Waals surface area contributed by atoms with E-state index in [0.29, 0.717) is 16.6 Å². The van der Waals surface area contributed by atoms with E-state index in [-0.39, 0.29) is 11.4 Å². The number of sulfonamides is 1. The predicted molar refractivity (Wildman–Crippen MR) is 97.4 cm³/mol. The Balaban J connectivity index is 2.11. The lowest BCUT2D eigenvalue weighted by molar-refractivity contribution is 0.580. The fraction of sp³-hybridized carbons (Fsp3) is 0.235. The number of aromatic nitrogens is 3. The van der Waals surface area contributed by atoms with E-state index in [1.807, 2.05) is 0 Å². The van der Waals surface area contributed by atoms with Crippen LogP contribution in [0.2, 0.25) is 0 Å². The molecule has 0 spiro atoms. The van der Waals surface area contributed by atoms with Crippen LogP contribution in [0, 0.1) is 6.92 Å². The first kappa shape index (κ1) is 18.0. The molecule has 2 heterocycles. The van der Waals surface area contributed by atoms with Gasteiger partial charge < -0.3 is 9.13 Å². The van der Waals surface area contributed by atoms with Crippen molar-refractivity contribution in [3.63, 3.8) is 0 Å². The first-order chi connectivity index (χ1) is 12.2. The number of aryl methyl sites for hydroxylation is 3. The zero-order valence-corrected chi connectivity index (χ0v) is 15.4. The van der Waals surface area contributed by atoms with Crippen LogP contribution in [0.4, 0.5) is 0 Å². The van der Waals surface area contributed by atoms with Crippen LogP contribution in [0.5, 0.6) is 0 Å². The lowest BCUT2D eigenvalue weighted by Crippen LogP contribution is -2.39. The molecule has 0 fully saturated rings. The topological polar surface area (TPSA) is 103 Å². The molecule has 0 amide bonds. The number of fused-ring (bicyclic) bond motifs is 1. The van der Waals surface area contributed by atoms with Gasteiger partial charge in [0, 0.05) is 33.0 Å². The molecule has 26 heavy (non-hydrogen) atoms. The van der Waals surface area contributed by atoms with Crippen molar-refractivity contribution >= 4 is 21.1 Å². The van der Waals surface area contributed by atoms with E-state index in [9.17, 15) is 18.0 Å². The van der Waals surface area contributed by atoms with E-state index in [1.165, 1.54) is 24.7 Å². The van der Waals surface area contributed by atoms with Gasteiger partial charge in [-0.15, -0.1) is 0 Å². The highest BCUT2D eigenvalue weighted by molar-refractivity contribution is 7.89. The van der Waals surface area contributed by atoms with Crippen molar-refractivity contribution in [2.24, 2.45) is 14.1 Å². The van der Waals surface area contributed by atoms with Crippen LogP contribution in [-0.2, 0) is 30.7 Å². The highest BCUT2D eigenvalue weighted by Gasteiger charge is 2.20. The second-order valence-corrected chi connectivity index (χ2v) is 7.76. The minimum atomic E-state index is -3.81. The number of hydrogen-bond donors (Lipinski definition) is 1. The largest absolute Gasteiger partial charge is 0.316 e. The van der Waals surface area contributed by atoms with Crippen molar-refractivity contribution in [3.05, 3.63) is 68.5 Å². The van der Waals surface area contributed by atoms with Gasteiger partial charge in [0.05, 0.1) is 15.9 Å². The summed E-state index contributed by atoms with van der Waals surface area (Å²) in [7, 11) is -0.882. The second-order valence-electron chi connectivity index (χ2n) is 6.02. The number of benzene rings is 1. The Morgan fingerprint density at radius 1 is 1.08 bits per heavy atom. The molecule has 0 atom stereocenters. The highest BCUT2D eigenvalue weighted by Crippen LogP contribution is 2.21. The fourth-order valence-electron chi connectivity index (χ4n) is 2.75. The fourth-order valence-corrected chi connectivity index (χ4v) is 4.02. The van der Waals surface area contributed by atoms with Gasteiger partial charge in [-0.1, -0.05) is 6.07 Å². The van der Waals surface area contributed by atoms with Gasteiger partial charge in [0.1, 0.15) is 0 Å². The summed E-state index contributed by atoms with van der Waals surface area (Å²) in [4.78, 5) is 28.0. The number of rotatable bonds is 4. The van der Waals surface area contributed by atoms with Gasteiger partial charge in [-0.25, -0.2) is 13.1 Å². The minimum Gasteiger partial charge on any atom is -0.305 e. The van der Waals surface area contributed by atoms with Crippen LogP contribution in [-0.4, -0.2) is 22.5 Å². The molecule has 0 aliphatic heterocycles. The molecule has 0 aliphatic carbocycles. The summed E-state index contributed by atoms with van der Waals surface area (Å²) in [5, 5.41) is 0. The van der Waals surface area contributed by atoms with Crippen LogP contribution in [0.3, 0.4) is 0 Å². The molecule has 1 aromatic carbocycles. The van der Waals surface area contributed by atoms with Gasteiger partial charge in [0.15, 0.2) is 0 Å². The van der Waals surface area contributed by atoms with Crippen LogP contribution in [0.15, 0.2) is 51.1 Å². The summed E-state index contributed by atoms with van der Waals surface area (Å²) in [6.45, 7) is 1.74. The van der Waals surface area contributed by atoms with E-state index in [2.05, 4.69) is 9.71 Å². The Kier molecular flexibility index (Phi) is 4.51. The number of pyridine rings is 1. The summed E-state index contributed by atoms with van der Waals surface area (Å²) in [5.41, 5.74) is 0.680. The van der Waals surface area contributed by atoms with E-state index in [0.717, 1.165) is 10.1 Å². The minimum absolute atomic E-state index is 0.0579. The molecule has 2 aromatic heterocycles. The van der Waals surface area contributed by atoms with E-state index < -0.39 is 21.1 Å². The summed E-state index contributed by atoms with van der Waals surface area (Å²) in [6, 6.07) is 6.50. The molecule has 3 aromatic rings. The number of hydrogen-bond acceptors (Lipinski definition) is 5. The molecule has 0 aliphatic rings. The van der Waals surface area contributed by atoms with E-state index in [1.54, 1.807) is 37.5 Å². The van der Waals surface area contributed by atoms with Crippen LogP contribution in [0.1, 0.15) is 11.1 Å². The van der Waals surface area contributed by atoms with E-state index in [4.69, 9.17) is 0 Å². The SMILES string of the molecule is Cc1cc2c(cc1S(=O)(=O)NCc1cccnc1)n(C)c(=O)c(=O)n2C. The molecule has 1 N–H and O–H groups in total. The first-order valence-corrected chi connectivity index (χ1v) is 9.29. The molecule has 0 unspecified atom stereocenters. The van der Waals surface area contributed by atoms with Crippen molar-refractivity contribution in [1.82, 2.24) is 18.8 Å². The zero-order valence-electron chi connectivity index (χ0n) is 14.6. The summed E-state index contributed by atoms with van der Waals surface area (Å²) < 4.78 is 30.4. The molecule has 0 radical (unpaired) electrons. The van der Waals surface area contributed by atoms with Gasteiger partial charge in [0.2, 0.25) is 10.0 Å². The third kappa shape index (κ3) is 3.06. The maximum Gasteiger partial charge on any atom is 0.316 e. The summed E-state index contributed by atoms with van der Waals surface area (Å²) in [6.07, 6.45) is 3.19. The summed E-state index contributed by atoms with van der Waals surface area (Å²) in [5.74, 6) is 0. The Labute approximate surface area is 149 Å². The Morgan fingerprint density at radius 3 is 2.27 bits per heavy atom. The van der Waals surface area contributed by atoms with Gasteiger partial charge >= 0.3 is 11.1 Å². The van der Waals surface area contributed by atoms with Gasteiger partial charge in [-0.05, 0) is 36.2 Å². The third-order valence-corrected chi connectivity index (χ3v) is 5.81. The molecule has 8 nitrogen and oxygen atoms in total. The highest BCUT2D eigenvalue weighted by atomic mass is 32.2. The van der Waals surface area contributed by atoms with Gasteiger partial charge in [-0.2, -0.15) is 0 Å².